The lowest BCUT2D eigenvalue weighted by molar-refractivity contribution is 0.0600. The van der Waals surface area contributed by atoms with E-state index in [9.17, 15) is 14.0 Å². The Hall–Kier alpha value is -2.69. The molecule has 0 radical (unpaired) electrons. The minimum absolute atomic E-state index is 0.126. The Morgan fingerprint density at radius 3 is 2.29 bits per heavy atom. The third-order valence-electron chi connectivity index (χ3n) is 3.15. The zero-order valence-corrected chi connectivity index (χ0v) is 11.5. The fraction of sp³-hybridized carbons (Fsp3) is 0.125. The lowest BCUT2D eigenvalue weighted by Crippen LogP contribution is -2.02. The number of ether oxygens (including phenoxy) is 1. The van der Waals surface area contributed by atoms with Gasteiger partial charge >= 0.3 is 11.9 Å². The van der Waals surface area contributed by atoms with Crippen molar-refractivity contribution in [3.05, 3.63) is 58.9 Å². The average Bonchev–Trinajstić information content (AvgIpc) is 2.47. The molecule has 0 aliphatic heterocycles. The quantitative estimate of drug-likeness (QED) is 0.880. The van der Waals surface area contributed by atoms with Gasteiger partial charge in [0.05, 0.1) is 18.2 Å². The van der Waals surface area contributed by atoms with Crippen LogP contribution in [0.5, 0.6) is 0 Å². The molecule has 0 fully saturated rings. The highest BCUT2D eigenvalue weighted by molar-refractivity contribution is 5.92. The van der Waals surface area contributed by atoms with Crippen LogP contribution in [-0.2, 0) is 4.74 Å². The normalized spacial score (nSPS) is 10.2. The summed E-state index contributed by atoms with van der Waals surface area (Å²) in [5.74, 6) is -2.10. The first kappa shape index (κ1) is 14.7. The number of carbonyl (C=O) groups excluding carboxylic acids is 1. The first-order valence-corrected chi connectivity index (χ1v) is 6.16. The maximum atomic E-state index is 14.0. The molecule has 2 aromatic rings. The van der Waals surface area contributed by atoms with Crippen molar-refractivity contribution in [1.82, 2.24) is 0 Å². The second-order valence-electron chi connectivity index (χ2n) is 4.52. The van der Waals surface area contributed by atoms with E-state index in [4.69, 9.17) is 5.11 Å². The number of carbonyl (C=O) groups is 2. The Labute approximate surface area is 120 Å². The number of carboxylic acid groups (broad SMARTS) is 1. The molecule has 21 heavy (non-hydrogen) atoms. The van der Waals surface area contributed by atoms with E-state index in [2.05, 4.69) is 4.74 Å². The van der Waals surface area contributed by atoms with Gasteiger partial charge in [0.1, 0.15) is 5.82 Å². The fourth-order valence-corrected chi connectivity index (χ4v) is 2.08. The molecule has 4 nitrogen and oxygen atoms in total. The zero-order chi connectivity index (χ0) is 15.6. The lowest BCUT2D eigenvalue weighted by atomic mass is 9.96. The number of hydrogen-bond acceptors (Lipinski definition) is 3. The molecule has 0 amide bonds. The number of esters is 1. The fourth-order valence-electron chi connectivity index (χ4n) is 2.08. The van der Waals surface area contributed by atoms with Gasteiger partial charge in [-0.25, -0.2) is 14.0 Å². The van der Waals surface area contributed by atoms with Gasteiger partial charge in [-0.1, -0.05) is 6.07 Å². The van der Waals surface area contributed by atoms with Gasteiger partial charge in [0.2, 0.25) is 0 Å². The maximum absolute atomic E-state index is 14.0. The molecular weight excluding hydrogens is 275 g/mol. The van der Waals surface area contributed by atoms with Gasteiger partial charge in [-0.3, -0.25) is 0 Å². The first-order chi connectivity index (χ1) is 9.93. The highest BCUT2D eigenvalue weighted by Crippen LogP contribution is 2.28. The van der Waals surface area contributed by atoms with E-state index in [1.165, 1.54) is 43.5 Å². The van der Waals surface area contributed by atoms with Crippen LogP contribution >= 0.6 is 0 Å². The number of halogens is 1. The molecule has 0 bridgehead atoms. The zero-order valence-electron chi connectivity index (χ0n) is 11.5. The largest absolute Gasteiger partial charge is 0.478 e. The number of hydrogen-bond donors (Lipinski definition) is 1. The summed E-state index contributed by atoms with van der Waals surface area (Å²) >= 11 is 0. The standard InChI is InChI=1S/C16H13FO4/c1-9-7-10(15(18)19)3-5-12(9)13-8-11(16(20)21-2)4-6-14(13)17/h3-8H,1-2H3,(H,18,19). The smallest absolute Gasteiger partial charge is 0.337 e. The summed E-state index contributed by atoms with van der Waals surface area (Å²) in [5.41, 5.74) is 1.72. The van der Waals surface area contributed by atoms with Crippen molar-refractivity contribution in [1.29, 1.82) is 0 Å². The molecule has 108 valence electrons. The highest BCUT2D eigenvalue weighted by atomic mass is 19.1. The highest BCUT2D eigenvalue weighted by Gasteiger charge is 2.14. The maximum Gasteiger partial charge on any atom is 0.337 e. The Balaban J connectivity index is 2.56. The lowest BCUT2D eigenvalue weighted by Gasteiger charge is -2.10. The van der Waals surface area contributed by atoms with Gasteiger partial charge in [-0.2, -0.15) is 0 Å². The molecule has 0 heterocycles. The van der Waals surface area contributed by atoms with Crippen LogP contribution in [0.3, 0.4) is 0 Å². The Bertz CT molecular complexity index is 722. The van der Waals surface area contributed by atoms with Crippen molar-refractivity contribution in [3.8, 4) is 11.1 Å². The van der Waals surface area contributed by atoms with E-state index in [1.807, 2.05) is 0 Å². The number of rotatable bonds is 3. The van der Waals surface area contributed by atoms with Gasteiger partial charge in [0.25, 0.3) is 0 Å². The average molecular weight is 288 g/mol. The summed E-state index contributed by atoms with van der Waals surface area (Å²) in [7, 11) is 1.25. The number of aryl methyl sites for hydroxylation is 1. The van der Waals surface area contributed by atoms with E-state index in [0.29, 0.717) is 11.1 Å². The number of aromatic carboxylic acids is 1. The van der Waals surface area contributed by atoms with Crippen LogP contribution in [0.4, 0.5) is 4.39 Å². The summed E-state index contributed by atoms with van der Waals surface area (Å²) in [6, 6.07) is 8.30. The van der Waals surface area contributed by atoms with Gasteiger partial charge in [-0.15, -0.1) is 0 Å². The number of carboxylic acids is 1. The van der Waals surface area contributed by atoms with Crippen molar-refractivity contribution < 1.29 is 23.8 Å². The van der Waals surface area contributed by atoms with Gasteiger partial charge in [-0.05, 0) is 48.4 Å². The summed E-state index contributed by atoms with van der Waals surface area (Å²) < 4.78 is 18.6. The van der Waals surface area contributed by atoms with Crippen molar-refractivity contribution >= 4 is 11.9 Å². The molecule has 0 spiro atoms. The predicted molar refractivity (Wildman–Crippen MR) is 74.9 cm³/mol. The first-order valence-electron chi connectivity index (χ1n) is 6.16. The van der Waals surface area contributed by atoms with Crippen LogP contribution in [0, 0.1) is 12.7 Å². The third-order valence-corrected chi connectivity index (χ3v) is 3.15. The van der Waals surface area contributed by atoms with Crippen molar-refractivity contribution in [3.63, 3.8) is 0 Å². The van der Waals surface area contributed by atoms with E-state index in [0.717, 1.165) is 0 Å². The topological polar surface area (TPSA) is 63.6 Å². The molecule has 0 aliphatic rings. The molecule has 2 aromatic carbocycles. The van der Waals surface area contributed by atoms with E-state index in [-0.39, 0.29) is 16.7 Å². The summed E-state index contributed by atoms with van der Waals surface area (Å²) in [6.45, 7) is 1.69. The number of methoxy groups -OCH3 is 1. The summed E-state index contributed by atoms with van der Waals surface area (Å²) in [6.07, 6.45) is 0. The SMILES string of the molecule is COC(=O)c1ccc(F)c(-c2ccc(C(=O)O)cc2C)c1. The molecule has 1 N–H and O–H groups in total. The van der Waals surface area contributed by atoms with Crippen molar-refractivity contribution in [2.45, 2.75) is 6.92 Å². The van der Waals surface area contributed by atoms with Crippen LogP contribution in [0.15, 0.2) is 36.4 Å². The summed E-state index contributed by atoms with van der Waals surface area (Å²) in [4.78, 5) is 22.4. The van der Waals surface area contributed by atoms with Gasteiger partial charge in [0.15, 0.2) is 0 Å². The van der Waals surface area contributed by atoms with Gasteiger partial charge in [0, 0.05) is 5.56 Å². The Kier molecular flexibility index (Phi) is 4.03. The van der Waals surface area contributed by atoms with Crippen LogP contribution in [0.1, 0.15) is 26.3 Å². The van der Waals surface area contributed by atoms with Crippen LogP contribution in [0.2, 0.25) is 0 Å². The molecule has 0 unspecified atom stereocenters. The van der Waals surface area contributed by atoms with Crippen molar-refractivity contribution in [2.24, 2.45) is 0 Å². The van der Waals surface area contributed by atoms with E-state index in [1.54, 1.807) is 6.92 Å². The Morgan fingerprint density at radius 2 is 1.71 bits per heavy atom. The second kappa shape index (κ2) is 5.75. The molecule has 5 heteroatoms. The molecular formula is C16H13FO4. The molecule has 0 aliphatic carbocycles. The predicted octanol–water partition coefficient (Wildman–Crippen LogP) is 3.29. The molecule has 0 saturated carbocycles. The molecule has 0 atom stereocenters. The number of benzene rings is 2. The second-order valence-corrected chi connectivity index (χ2v) is 4.52. The Morgan fingerprint density at radius 1 is 1.05 bits per heavy atom. The monoisotopic (exact) mass is 288 g/mol. The minimum atomic E-state index is -1.05. The summed E-state index contributed by atoms with van der Waals surface area (Å²) in [5, 5.41) is 8.94. The van der Waals surface area contributed by atoms with Gasteiger partial charge < -0.3 is 9.84 Å². The van der Waals surface area contributed by atoms with Crippen LogP contribution < -0.4 is 0 Å². The molecule has 0 aromatic heterocycles. The molecule has 2 rings (SSSR count). The third kappa shape index (κ3) is 2.91. The van der Waals surface area contributed by atoms with E-state index < -0.39 is 17.8 Å². The van der Waals surface area contributed by atoms with Crippen LogP contribution in [0.25, 0.3) is 11.1 Å². The minimum Gasteiger partial charge on any atom is -0.478 e. The van der Waals surface area contributed by atoms with Crippen molar-refractivity contribution in [2.75, 3.05) is 7.11 Å². The molecule has 0 saturated heterocycles. The van der Waals surface area contributed by atoms with Crippen LogP contribution in [-0.4, -0.2) is 24.2 Å². The van der Waals surface area contributed by atoms with E-state index >= 15 is 0 Å².